The van der Waals surface area contributed by atoms with Crippen molar-refractivity contribution in [2.24, 2.45) is 0 Å². The van der Waals surface area contributed by atoms with Gasteiger partial charge in [0.15, 0.2) is 0 Å². The van der Waals surface area contributed by atoms with E-state index in [1.165, 1.54) is 17.5 Å². The maximum absolute atomic E-state index is 2.27. The molecule has 0 heterocycles. The van der Waals surface area contributed by atoms with Gasteiger partial charge in [-0.3, -0.25) is 0 Å². The van der Waals surface area contributed by atoms with Crippen molar-refractivity contribution in [3.63, 3.8) is 0 Å². The highest BCUT2D eigenvalue weighted by Crippen LogP contribution is 2.18. The molecule has 1 unspecified atom stereocenters. The molecule has 13 heavy (non-hydrogen) atoms. The minimum absolute atomic E-state index is 0. The highest BCUT2D eigenvalue weighted by molar-refractivity contribution is 5.23. The molecule has 1 atom stereocenters. The zero-order valence-corrected chi connectivity index (χ0v) is 7.59. The molecule has 0 amide bonds. The number of hydrogen-bond acceptors (Lipinski definition) is 0. The third-order valence-corrected chi connectivity index (χ3v) is 2.26. The molecule has 0 spiro atoms. The summed E-state index contributed by atoms with van der Waals surface area (Å²) < 4.78 is 0. The predicted octanol–water partition coefficient (Wildman–Crippen LogP) is 4.78. The maximum Gasteiger partial charge on any atom is -0.0193 e. The third kappa shape index (κ3) is 4.12. The van der Waals surface area contributed by atoms with Gasteiger partial charge in [-0.2, -0.15) is 0 Å². The average molecular weight is 180 g/mol. The van der Waals surface area contributed by atoms with Gasteiger partial charge in [0, 0.05) is 0 Å². The van der Waals surface area contributed by atoms with Gasteiger partial charge in [0.25, 0.3) is 0 Å². The van der Waals surface area contributed by atoms with Gasteiger partial charge in [-0.15, -0.1) is 0 Å². The molecule has 0 radical (unpaired) electrons. The molecule has 0 bridgehead atoms. The van der Waals surface area contributed by atoms with Crippen LogP contribution >= 0.6 is 0 Å². The molecule has 0 fully saturated rings. The summed E-state index contributed by atoms with van der Waals surface area (Å²) in [5.74, 6) is 0.704. The topological polar surface area (TPSA) is 0 Å². The lowest BCUT2D eigenvalue weighted by Crippen LogP contribution is -1.89. The summed E-state index contributed by atoms with van der Waals surface area (Å²) in [6, 6.07) is 8.82. The second kappa shape index (κ2) is 6.71. The predicted molar refractivity (Wildman–Crippen MR) is 63.3 cm³/mol. The van der Waals surface area contributed by atoms with Crippen LogP contribution in [0.1, 0.15) is 52.2 Å². The lowest BCUT2D eigenvalue weighted by molar-refractivity contribution is 0.733. The van der Waals surface area contributed by atoms with Crippen molar-refractivity contribution in [3.8, 4) is 0 Å². The van der Waals surface area contributed by atoms with Crippen molar-refractivity contribution in [2.45, 2.75) is 48.0 Å². The van der Waals surface area contributed by atoms with Crippen LogP contribution in [0.15, 0.2) is 24.3 Å². The van der Waals surface area contributed by atoms with Crippen molar-refractivity contribution in [3.05, 3.63) is 35.4 Å². The van der Waals surface area contributed by atoms with E-state index in [1.807, 2.05) is 0 Å². The van der Waals surface area contributed by atoms with Crippen LogP contribution in [0.4, 0.5) is 0 Å². The van der Waals surface area contributed by atoms with E-state index >= 15 is 0 Å². The fourth-order valence-corrected chi connectivity index (χ4v) is 1.13. The molecule has 0 aromatic heterocycles. The van der Waals surface area contributed by atoms with E-state index in [2.05, 4.69) is 45.0 Å². The van der Waals surface area contributed by atoms with Crippen LogP contribution < -0.4 is 0 Å². The Hall–Kier alpha value is -0.780. The van der Waals surface area contributed by atoms with E-state index in [-0.39, 0.29) is 14.9 Å². The number of rotatable bonds is 2. The second-order valence-corrected chi connectivity index (χ2v) is 3.22. The molecule has 0 saturated heterocycles. The fraction of sp³-hybridized carbons (Fsp3) is 0.538. The molecule has 76 valence electrons. The van der Waals surface area contributed by atoms with Gasteiger partial charge in [-0.05, 0) is 24.8 Å². The molecule has 1 aromatic carbocycles. The molecule has 0 nitrogen and oxygen atoms in total. The van der Waals surface area contributed by atoms with Crippen LogP contribution in [0.3, 0.4) is 0 Å². The summed E-state index contributed by atoms with van der Waals surface area (Å²) in [4.78, 5) is 0. The summed E-state index contributed by atoms with van der Waals surface area (Å²) >= 11 is 0. The maximum atomic E-state index is 2.27. The summed E-state index contributed by atoms with van der Waals surface area (Å²) in [6.07, 6.45) is 1.23. The molecular weight excluding hydrogens is 156 g/mol. The largest absolute Gasteiger partial charge is 0.0776 e. The molecule has 0 heteroatoms. The molecule has 0 aliphatic heterocycles. The second-order valence-electron chi connectivity index (χ2n) is 3.22. The highest BCUT2D eigenvalue weighted by Gasteiger charge is 2.00. The molecule has 0 aliphatic rings. The Bertz CT molecular complexity index is 208. The number of hydrogen-bond donors (Lipinski definition) is 0. The first kappa shape index (κ1) is 14.7. The average Bonchev–Trinajstić information content (AvgIpc) is 2.05. The Balaban J connectivity index is 0. The highest BCUT2D eigenvalue weighted by atomic mass is 14.0. The van der Waals surface area contributed by atoms with E-state index < -0.39 is 0 Å². The Morgan fingerprint density at radius 1 is 1.08 bits per heavy atom. The van der Waals surface area contributed by atoms with E-state index in [1.54, 1.807) is 0 Å². The van der Waals surface area contributed by atoms with Gasteiger partial charge in [0.1, 0.15) is 0 Å². The third-order valence-electron chi connectivity index (χ3n) is 2.26. The molecule has 0 aliphatic carbocycles. The first-order chi connectivity index (χ1) is 5.24. The van der Waals surface area contributed by atoms with Crippen LogP contribution in [0.25, 0.3) is 0 Å². The Morgan fingerprint density at radius 3 is 1.92 bits per heavy atom. The minimum atomic E-state index is 0. The standard InChI is InChI=1S/C11H16.2CH4/c1-4-10(3)11-7-5-9(2)6-8-11;;/h5-8,10H,4H2,1-3H3;2*1H4. The van der Waals surface area contributed by atoms with Gasteiger partial charge in [-0.1, -0.05) is 58.5 Å². The first-order valence-electron chi connectivity index (χ1n) is 4.30. The first-order valence-corrected chi connectivity index (χ1v) is 4.30. The molecule has 0 saturated carbocycles. The van der Waals surface area contributed by atoms with Crippen LogP contribution in [-0.4, -0.2) is 0 Å². The lowest BCUT2D eigenvalue weighted by Gasteiger charge is -2.07. The normalized spacial score (nSPS) is 11.0. The summed E-state index contributed by atoms with van der Waals surface area (Å²) in [6.45, 7) is 6.62. The quantitative estimate of drug-likeness (QED) is 0.614. The number of benzene rings is 1. The summed E-state index contributed by atoms with van der Waals surface area (Å²) in [5.41, 5.74) is 2.80. The van der Waals surface area contributed by atoms with Crippen molar-refractivity contribution >= 4 is 0 Å². The lowest BCUT2D eigenvalue weighted by atomic mass is 9.98. The van der Waals surface area contributed by atoms with Gasteiger partial charge < -0.3 is 0 Å². The Morgan fingerprint density at radius 2 is 1.54 bits per heavy atom. The zero-order valence-electron chi connectivity index (χ0n) is 7.59. The summed E-state index contributed by atoms with van der Waals surface area (Å²) in [7, 11) is 0. The fourth-order valence-electron chi connectivity index (χ4n) is 1.13. The van der Waals surface area contributed by atoms with Crippen molar-refractivity contribution in [2.75, 3.05) is 0 Å². The van der Waals surface area contributed by atoms with Gasteiger partial charge >= 0.3 is 0 Å². The molecule has 1 rings (SSSR count). The van der Waals surface area contributed by atoms with Gasteiger partial charge in [-0.25, -0.2) is 0 Å². The van der Waals surface area contributed by atoms with Gasteiger partial charge in [0.05, 0.1) is 0 Å². The smallest absolute Gasteiger partial charge is 0.0193 e. The number of aryl methyl sites for hydroxylation is 1. The molecule has 1 aromatic rings. The molecule has 0 N–H and O–H groups in total. The van der Waals surface area contributed by atoms with E-state index in [0.717, 1.165) is 0 Å². The Labute approximate surface area is 84.0 Å². The molecular formula is C13H24. The monoisotopic (exact) mass is 180 g/mol. The van der Waals surface area contributed by atoms with E-state index in [0.29, 0.717) is 5.92 Å². The van der Waals surface area contributed by atoms with Crippen molar-refractivity contribution in [1.29, 1.82) is 0 Å². The van der Waals surface area contributed by atoms with Crippen LogP contribution in [0, 0.1) is 6.92 Å². The van der Waals surface area contributed by atoms with Crippen LogP contribution in [-0.2, 0) is 0 Å². The van der Waals surface area contributed by atoms with Gasteiger partial charge in [0.2, 0.25) is 0 Å². The van der Waals surface area contributed by atoms with Crippen LogP contribution in [0.2, 0.25) is 0 Å². The van der Waals surface area contributed by atoms with E-state index in [9.17, 15) is 0 Å². The summed E-state index contributed by atoms with van der Waals surface area (Å²) in [5, 5.41) is 0. The van der Waals surface area contributed by atoms with Crippen molar-refractivity contribution in [1.82, 2.24) is 0 Å². The Kier molecular flexibility index (Phi) is 7.60. The van der Waals surface area contributed by atoms with Crippen LogP contribution in [0.5, 0.6) is 0 Å². The van der Waals surface area contributed by atoms with Crippen molar-refractivity contribution < 1.29 is 0 Å². The van der Waals surface area contributed by atoms with E-state index in [4.69, 9.17) is 0 Å². The zero-order chi connectivity index (χ0) is 8.27. The SMILES string of the molecule is C.C.CCC(C)c1ccc(C)cc1. The minimum Gasteiger partial charge on any atom is -0.0776 e.